The summed E-state index contributed by atoms with van der Waals surface area (Å²) in [7, 11) is 1.34. The fraction of sp³-hybridized carbons (Fsp3) is 0.348. The molecule has 3 unspecified atom stereocenters. The minimum atomic E-state index is -0.835. The Morgan fingerprint density at radius 1 is 1.17 bits per heavy atom. The molecule has 3 atom stereocenters. The normalized spacial score (nSPS) is 19.2. The van der Waals surface area contributed by atoms with E-state index in [1.807, 2.05) is 59.5 Å². The second kappa shape index (κ2) is 7.70. The number of ether oxygens (including phenoxy) is 1. The summed E-state index contributed by atoms with van der Waals surface area (Å²) >= 11 is 0. The Kier molecular flexibility index (Phi) is 5.09. The van der Waals surface area contributed by atoms with E-state index in [2.05, 4.69) is 24.3 Å². The van der Waals surface area contributed by atoms with Crippen molar-refractivity contribution in [3.05, 3.63) is 66.0 Å². The van der Waals surface area contributed by atoms with Crippen LogP contribution in [-0.4, -0.2) is 28.8 Å². The summed E-state index contributed by atoms with van der Waals surface area (Å²) in [6.45, 7) is 4.14. The summed E-state index contributed by atoms with van der Waals surface area (Å²) in [5.41, 5.74) is 1.81. The Bertz CT molecular complexity index is 1050. The first-order valence-corrected chi connectivity index (χ1v) is 9.89. The first kappa shape index (κ1) is 19.2. The molecule has 4 rings (SSSR count). The van der Waals surface area contributed by atoms with E-state index in [4.69, 9.17) is 4.74 Å². The molecule has 1 aliphatic rings. The second-order valence-corrected chi connectivity index (χ2v) is 7.83. The molecule has 29 heavy (non-hydrogen) atoms. The van der Waals surface area contributed by atoms with Gasteiger partial charge < -0.3 is 10.1 Å². The van der Waals surface area contributed by atoms with E-state index in [1.165, 1.54) is 7.11 Å². The van der Waals surface area contributed by atoms with Crippen molar-refractivity contribution in [3.8, 4) is 0 Å². The molecule has 3 aromatic rings. The molecule has 1 heterocycles. The zero-order valence-electron chi connectivity index (χ0n) is 16.8. The third kappa shape index (κ3) is 3.75. The number of esters is 1. The molecule has 0 aliphatic heterocycles. The van der Waals surface area contributed by atoms with Gasteiger partial charge in [0.15, 0.2) is 6.04 Å². The van der Waals surface area contributed by atoms with Gasteiger partial charge in [-0.2, -0.15) is 5.10 Å². The van der Waals surface area contributed by atoms with Gasteiger partial charge in [0, 0.05) is 18.2 Å². The number of amides is 1. The molecular formula is C23H25N3O3. The highest BCUT2D eigenvalue weighted by Gasteiger charge is 2.45. The molecule has 1 N–H and O–H groups in total. The maximum absolute atomic E-state index is 12.9. The summed E-state index contributed by atoms with van der Waals surface area (Å²) in [5.74, 6) is -0.606. The average Bonchev–Trinajstić information content (AvgIpc) is 3.38. The molecule has 0 bridgehead atoms. The highest BCUT2D eigenvalue weighted by molar-refractivity contribution is 5.94. The number of nitrogens with one attached hydrogen (secondary N) is 1. The van der Waals surface area contributed by atoms with Crippen molar-refractivity contribution in [2.24, 2.45) is 5.92 Å². The topological polar surface area (TPSA) is 73.2 Å². The van der Waals surface area contributed by atoms with Gasteiger partial charge in [-0.3, -0.25) is 9.48 Å². The summed E-state index contributed by atoms with van der Waals surface area (Å²) in [6, 6.07) is 13.0. The maximum atomic E-state index is 12.9. The fourth-order valence-electron chi connectivity index (χ4n) is 3.81. The Hall–Kier alpha value is -3.15. The molecule has 0 saturated heterocycles. The van der Waals surface area contributed by atoms with E-state index >= 15 is 0 Å². The van der Waals surface area contributed by atoms with Crippen LogP contribution in [0.3, 0.4) is 0 Å². The van der Waals surface area contributed by atoms with Crippen molar-refractivity contribution in [1.29, 1.82) is 0 Å². The van der Waals surface area contributed by atoms with Crippen molar-refractivity contribution in [2.45, 2.75) is 38.3 Å². The highest BCUT2D eigenvalue weighted by atomic mass is 16.5. The third-order valence-corrected chi connectivity index (χ3v) is 5.56. The summed E-state index contributed by atoms with van der Waals surface area (Å²) in [6.07, 6.45) is 4.60. The van der Waals surface area contributed by atoms with Crippen molar-refractivity contribution in [3.63, 3.8) is 0 Å². The Morgan fingerprint density at radius 2 is 1.93 bits per heavy atom. The lowest BCUT2D eigenvalue weighted by Gasteiger charge is -2.19. The zero-order chi connectivity index (χ0) is 20.5. The predicted molar refractivity (Wildman–Crippen MR) is 110 cm³/mol. The Balaban J connectivity index is 1.55. The quantitative estimate of drug-likeness (QED) is 0.650. The number of rotatable bonds is 6. The molecule has 2 aromatic carbocycles. The van der Waals surface area contributed by atoms with Crippen LogP contribution in [0.2, 0.25) is 0 Å². The SMILES string of the molecule is COC(=O)C(NC(=O)C1CC1c1cnn(C(C)C)c1)c1cccc2ccccc12. The second-order valence-electron chi connectivity index (χ2n) is 7.83. The number of methoxy groups -OCH3 is 1. The molecule has 0 spiro atoms. The minimum Gasteiger partial charge on any atom is -0.467 e. The van der Waals surface area contributed by atoms with E-state index in [0.717, 1.165) is 28.3 Å². The number of hydrogen-bond acceptors (Lipinski definition) is 4. The molecule has 1 saturated carbocycles. The van der Waals surface area contributed by atoms with E-state index in [0.29, 0.717) is 0 Å². The molecule has 1 amide bonds. The Labute approximate surface area is 169 Å². The van der Waals surface area contributed by atoms with Gasteiger partial charge >= 0.3 is 5.97 Å². The third-order valence-electron chi connectivity index (χ3n) is 5.56. The number of aromatic nitrogens is 2. The number of fused-ring (bicyclic) bond motifs is 1. The average molecular weight is 391 g/mol. The maximum Gasteiger partial charge on any atom is 0.333 e. The van der Waals surface area contributed by atoms with Crippen LogP contribution in [0.1, 0.15) is 49.4 Å². The van der Waals surface area contributed by atoms with Crippen molar-refractivity contribution in [1.82, 2.24) is 15.1 Å². The molecule has 1 fully saturated rings. The van der Waals surface area contributed by atoms with E-state index < -0.39 is 12.0 Å². The number of hydrogen-bond donors (Lipinski definition) is 1. The van der Waals surface area contributed by atoms with Crippen LogP contribution in [0.25, 0.3) is 10.8 Å². The summed E-state index contributed by atoms with van der Waals surface area (Å²) in [4.78, 5) is 25.4. The van der Waals surface area contributed by atoms with Crippen LogP contribution < -0.4 is 5.32 Å². The van der Waals surface area contributed by atoms with E-state index in [9.17, 15) is 9.59 Å². The predicted octanol–water partition coefficient (Wildman–Crippen LogP) is 3.75. The molecule has 0 radical (unpaired) electrons. The van der Waals surface area contributed by atoms with E-state index in [-0.39, 0.29) is 23.8 Å². The van der Waals surface area contributed by atoms with Crippen LogP contribution >= 0.6 is 0 Å². The first-order valence-electron chi connectivity index (χ1n) is 9.89. The molecule has 1 aliphatic carbocycles. The van der Waals surface area contributed by atoms with Crippen LogP contribution in [0.5, 0.6) is 0 Å². The standard InChI is InChI=1S/C23H25N3O3/c1-14(2)26-13-16(12-24-26)19-11-20(19)22(27)25-21(23(28)29-3)18-10-6-8-15-7-4-5-9-17(15)18/h4-10,12-14,19-21H,11H2,1-3H3,(H,25,27). The van der Waals surface area contributed by atoms with Crippen molar-refractivity contribution >= 4 is 22.6 Å². The lowest BCUT2D eigenvalue weighted by Crippen LogP contribution is -2.35. The van der Waals surface area contributed by atoms with Crippen molar-refractivity contribution < 1.29 is 14.3 Å². The van der Waals surface area contributed by atoms with Gasteiger partial charge in [0.2, 0.25) is 5.91 Å². The monoisotopic (exact) mass is 391 g/mol. The van der Waals surface area contributed by atoms with Crippen LogP contribution in [-0.2, 0) is 14.3 Å². The number of nitrogens with zero attached hydrogens (tertiary/aromatic N) is 2. The number of benzene rings is 2. The minimum absolute atomic E-state index is 0.129. The van der Waals surface area contributed by atoms with Gasteiger partial charge in [0.25, 0.3) is 0 Å². The number of carbonyl (C=O) groups excluding carboxylic acids is 2. The first-order chi connectivity index (χ1) is 14.0. The molecule has 150 valence electrons. The smallest absolute Gasteiger partial charge is 0.333 e. The van der Waals surface area contributed by atoms with Gasteiger partial charge in [-0.15, -0.1) is 0 Å². The lowest BCUT2D eigenvalue weighted by molar-refractivity contribution is -0.145. The highest BCUT2D eigenvalue weighted by Crippen LogP contribution is 2.48. The summed E-state index contributed by atoms with van der Waals surface area (Å²) in [5, 5.41) is 9.23. The fourth-order valence-corrected chi connectivity index (χ4v) is 3.81. The lowest BCUT2D eigenvalue weighted by atomic mass is 9.98. The van der Waals surface area contributed by atoms with Gasteiger partial charge in [-0.05, 0) is 48.1 Å². The molecule has 6 heteroatoms. The van der Waals surface area contributed by atoms with Crippen LogP contribution in [0.15, 0.2) is 54.9 Å². The molecular weight excluding hydrogens is 366 g/mol. The van der Waals surface area contributed by atoms with E-state index in [1.54, 1.807) is 0 Å². The Morgan fingerprint density at radius 3 is 2.66 bits per heavy atom. The van der Waals surface area contributed by atoms with Crippen molar-refractivity contribution in [2.75, 3.05) is 7.11 Å². The van der Waals surface area contributed by atoms with Crippen LogP contribution in [0, 0.1) is 5.92 Å². The molecule has 1 aromatic heterocycles. The zero-order valence-corrected chi connectivity index (χ0v) is 16.8. The van der Waals surface area contributed by atoms with Gasteiger partial charge in [0.1, 0.15) is 0 Å². The number of carbonyl (C=O) groups is 2. The van der Waals surface area contributed by atoms with Gasteiger partial charge in [-0.1, -0.05) is 42.5 Å². The largest absolute Gasteiger partial charge is 0.467 e. The molecule has 6 nitrogen and oxygen atoms in total. The van der Waals surface area contributed by atoms with Crippen LogP contribution in [0.4, 0.5) is 0 Å². The van der Waals surface area contributed by atoms with Gasteiger partial charge in [-0.25, -0.2) is 4.79 Å². The summed E-state index contributed by atoms with van der Waals surface area (Å²) < 4.78 is 6.89. The van der Waals surface area contributed by atoms with Gasteiger partial charge in [0.05, 0.1) is 13.3 Å².